The third-order valence-electron chi connectivity index (χ3n) is 4.49. The average molecular weight is 394 g/mol. The molecule has 5 nitrogen and oxygen atoms in total. The standard InChI is InChI=1S/C18H17ClFN3O2S/c1-12-6-8-13(9-7-12)26(24,25)23-15-5-3-4-14(19)16(15)17(21-23)22-10-18(2,20)11-22/h3-9H,10-11H2,1-2H3. The summed E-state index contributed by atoms with van der Waals surface area (Å²) in [6.45, 7) is 3.69. The van der Waals surface area contributed by atoms with Crippen LogP contribution >= 0.6 is 11.6 Å². The summed E-state index contributed by atoms with van der Waals surface area (Å²) in [6, 6.07) is 11.6. The van der Waals surface area contributed by atoms with Gasteiger partial charge in [-0.2, -0.15) is 12.5 Å². The van der Waals surface area contributed by atoms with E-state index >= 15 is 0 Å². The Hall–Kier alpha value is -2.12. The lowest BCUT2D eigenvalue weighted by Gasteiger charge is -2.42. The van der Waals surface area contributed by atoms with Crippen LogP contribution in [0.15, 0.2) is 47.4 Å². The minimum Gasteiger partial charge on any atom is -0.348 e. The van der Waals surface area contributed by atoms with Crippen molar-refractivity contribution in [2.75, 3.05) is 18.0 Å². The second-order valence-corrected chi connectivity index (χ2v) is 9.06. The first-order valence-electron chi connectivity index (χ1n) is 8.12. The molecule has 1 aliphatic heterocycles. The molecule has 0 radical (unpaired) electrons. The molecule has 4 rings (SSSR count). The molecule has 0 aliphatic carbocycles. The summed E-state index contributed by atoms with van der Waals surface area (Å²) in [5, 5.41) is 5.21. The van der Waals surface area contributed by atoms with Gasteiger partial charge < -0.3 is 4.90 Å². The molecule has 2 heterocycles. The zero-order valence-corrected chi connectivity index (χ0v) is 15.9. The van der Waals surface area contributed by atoms with Gasteiger partial charge >= 0.3 is 0 Å². The van der Waals surface area contributed by atoms with Crippen LogP contribution in [0.3, 0.4) is 0 Å². The number of aryl methyl sites for hydroxylation is 1. The molecule has 0 amide bonds. The Kier molecular flexibility index (Phi) is 3.79. The van der Waals surface area contributed by atoms with E-state index in [1.54, 1.807) is 47.4 Å². The predicted octanol–water partition coefficient (Wildman–Crippen LogP) is 3.78. The summed E-state index contributed by atoms with van der Waals surface area (Å²) in [7, 11) is -3.90. The van der Waals surface area contributed by atoms with Gasteiger partial charge in [0.05, 0.1) is 33.9 Å². The van der Waals surface area contributed by atoms with E-state index < -0.39 is 15.7 Å². The predicted molar refractivity (Wildman–Crippen MR) is 100 cm³/mol. The molecular weight excluding hydrogens is 377 g/mol. The van der Waals surface area contributed by atoms with E-state index in [2.05, 4.69) is 5.10 Å². The molecule has 3 aromatic rings. The SMILES string of the molecule is Cc1ccc(S(=O)(=O)n2nc(N3CC(C)(F)C3)c3c(Cl)cccc32)cc1. The van der Waals surface area contributed by atoms with Crippen LogP contribution in [-0.2, 0) is 10.0 Å². The molecule has 1 saturated heterocycles. The molecule has 0 spiro atoms. The second kappa shape index (κ2) is 5.69. The zero-order chi connectivity index (χ0) is 18.7. The Morgan fingerprint density at radius 1 is 1.15 bits per heavy atom. The third-order valence-corrected chi connectivity index (χ3v) is 6.41. The number of nitrogens with zero attached hydrogens (tertiary/aromatic N) is 3. The van der Waals surface area contributed by atoms with Crippen LogP contribution in [-0.4, -0.2) is 36.4 Å². The first kappa shape index (κ1) is 17.3. The van der Waals surface area contributed by atoms with Crippen molar-refractivity contribution in [3.63, 3.8) is 0 Å². The topological polar surface area (TPSA) is 55.2 Å². The lowest BCUT2D eigenvalue weighted by molar-refractivity contribution is 0.144. The minimum atomic E-state index is -3.90. The van der Waals surface area contributed by atoms with Crippen LogP contribution in [0.1, 0.15) is 12.5 Å². The quantitative estimate of drug-likeness (QED) is 0.679. The highest BCUT2D eigenvalue weighted by Gasteiger charge is 2.41. The smallest absolute Gasteiger partial charge is 0.283 e. The van der Waals surface area contributed by atoms with Gasteiger partial charge in [0.2, 0.25) is 0 Å². The van der Waals surface area contributed by atoms with Gasteiger partial charge in [-0.3, -0.25) is 0 Å². The van der Waals surface area contributed by atoms with E-state index in [-0.39, 0.29) is 18.0 Å². The fourth-order valence-corrected chi connectivity index (χ4v) is 4.73. The molecule has 1 fully saturated rings. The maximum atomic E-state index is 14.0. The molecule has 0 atom stereocenters. The fraction of sp³-hybridized carbons (Fsp3) is 0.278. The van der Waals surface area contributed by atoms with Crippen molar-refractivity contribution in [3.05, 3.63) is 53.1 Å². The van der Waals surface area contributed by atoms with Crippen LogP contribution in [0, 0.1) is 6.92 Å². The first-order chi connectivity index (χ1) is 12.2. The number of halogens is 2. The summed E-state index contributed by atoms with van der Waals surface area (Å²) < 4.78 is 41.2. The van der Waals surface area contributed by atoms with E-state index in [1.807, 2.05) is 6.92 Å². The number of hydrogen-bond donors (Lipinski definition) is 0. The molecule has 8 heteroatoms. The lowest BCUT2D eigenvalue weighted by Crippen LogP contribution is -2.57. The highest BCUT2D eigenvalue weighted by Crippen LogP contribution is 2.38. The van der Waals surface area contributed by atoms with Crippen LogP contribution in [0.2, 0.25) is 5.02 Å². The van der Waals surface area contributed by atoms with Crippen molar-refractivity contribution in [1.82, 2.24) is 9.19 Å². The Bertz CT molecular complexity index is 1100. The normalized spacial score (nSPS) is 16.7. The number of benzene rings is 2. The Balaban J connectivity index is 1.91. The first-order valence-corrected chi connectivity index (χ1v) is 9.94. The van der Waals surface area contributed by atoms with E-state index in [0.717, 1.165) is 9.65 Å². The number of fused-ring (bicyclic) bond motifs is 1. The highest BCUT2D eigenvalue weighted by atomic mass is 35.5. The number of aromatic nitrogens is 2. The van der Waals surface area contributed by atoms with Gasteiger partial charge in [-0.25, -0.2) is 4.39 Å². The van der Waals surface area contributed by atoms with Gasteiger partial charge in [-0.15, -0.1) is 5.10 Å². The van der Waals surface area contributed by atoms with Crippen molar-refractivity contribution in [2.24, 2.45) is 0 Å². The third kappa shape index (κ3) is 2.66. The summed E-state index contributed by atoms with van der Waals surface area (Å²) in [5.41, 5.74) is 0.0223. The highest BCUT2D eigenvalue weighted by molar-refractivity contribution is 7.90. The molecule has 136 valence electrons. The molecule has 0 saturated carbocycles. The maximum Gasteiger partial charge on any atom is 0.283 e. The van der Waals surface area contributed by atoms with Gasteiger partial charge in [0.1, 0.15) is 5.67 Å². The number of hydrogen-bond acceptors (Lipinski definition) is 4. The van der Waals surface area contributed by atoms with Crippen molar-refractivity contribution in [3.8, 4) is 0 Å². The fourth-order valence-electron chi connectivity index (χ4n) is 3.20. The number of alkyl halides is 1. The molecule has 1 aromatic heterocycles. The summed E-state index contributed by atoms with van der Waals surface area (Å²) >= 11 is 6.32. The minimum absolute atomic E-state index is 0.137. The van der Waals surface area contributed by atoms with E-state index in [1.165, 1.54) is 6.92 Å². The van der Waals surface area contributed by atoms with Gasteiger partial charge in [-0.05, 0) is 38.1 Å². The lowest BCUT2D eigenvalue weighted by atomic mass is 9.99. The van der Waals surface area contributed by atoms with Crippen molar-refractivity contribution >= 4 is 38.3 Å². The van der Waals surface area contributed by atoms with E-state index in [9.17, 15) is 12.8 Å². The van der Waals surface area contributed by atoms with Crippen LogP contribution in [0.4, 0.5) is 10.2 Å². The monoisotopic (exact) mass is 393 g/mol. The van der Waals surface area contributed by atoms with Crippen LogP contribution in [0.25, 0.3) is 10.9 Å². The molecule has 0 bridgehead atoms. The largest absolute Gasteiger partial charge is 0.348 e. The van der Waals surface area contributed by atoms with Gasteiger partial charge in [0.15, 0.2) is 5.82 Å². The molecule has 2 aromatic carbocycles. The van der Waals surface area contributed by atoms with Crippen LogP contribution in [0.5, 0.6) is 0 Å². The zero-order valence-electron chi connectivity index (χ0n) is 14.3. The van der Waals surface area contributed by atoms with Crippen molar-refractivity contribution in [1.29, 1.82) is 0 Å². The van der Waals surface area contributed by atoms with Gasteiger partial charge in [-0.1, -0.05) is 35.4 Å². The second-order valence-electron chi connectivity index (χ2n) is 6.89. The summed E-state index contributed by atoms with van der Waals surface area (Å²) in [5.74, 6) is 0.386. The van der Waals surface area contributed by atoms with Crippen molar-refractivity contribution < 1.29 is 12.8 Å². The number of rotatable bonds is 3. The maximum absolute atomic E-state index is 14.0. The Morgan fingerprint density at radius 2 is 1.81 bits per heavy atom. The Morgan fingerprint density at radius 3 is 2.42 bits per heavy atom. The van der Waals surface area contributed by atoms with Crippen molar-refractivity contribution in [2.45, 2.75) is 24.4 Å². The molecule has 1 aliphatic rings. The Labute approximate surface area is 156 Å². The number of anilines is 1. The van der Waals surface area contributed by atoms with E-state index in [4.69, 9.17) is 11.6 Å². The summed E-state index contributed by atoms with van der Waals surface area (Å²) in [4.78, 5) is 1.84. The van der Waals surface area contributed by atoms with Gasteiger partial charge in [0, 0.05) is 0 Å². The van der Waals surface area contributed by atoms with E-state index in [0.29, 0.717) is 21.7 Å². The summed E-state index contributed by atoms with van der Waals surface area (Å²) in [6.07, 6.45) is 0. The van der Waals surface area contributed by atoms with Gasteiger partial charge in [0.25, 0.3) is 10.0 Å². The molecule has 26 heavy (non-hydrogen) atoms. The molecular formula is C18H17ClFN3O2S. The van der Waals surface area contributed by atoms with Crippen LogP contribution < -0.4 is 4.90 Å². The molecule has 0 N–H and O–H groups in total. The average Bonchev–Trinajstić information content (AvgIpc) is 2.94. The molecule has 0 unspecified atom stereocenters.